The van der Waals surface area contributed by atoms with E-state index in [4.69, 9.17) is 4.98 Å². The third-order valence-electron chi connectivity index (χ3n) is 11.0. The maximum absolute atomic E-state index is 5.29. The molecule has 0 aliphatic heterocycles. The van der Waals surface area contributed by atoms with Crippen LogP contribution in [0.15, 0.2) is 193 Å². The van der Waals surface area contributed by atoms with Crippen molar-refractivity contribution in [3.63, 3.8) is 0 Å². The first-order chi connectivity index (χ1) is 27.2. The smallest absolute Gasteiger partial charge is 0.141 e. The molecule has 0 spiro atoms. The highest BCUT2D eigenvalue weighted by Crippen LogP contribution is 2.39. The average Bonchev–Trinajstić information content (AvgIpc) is 3.89. The first-order valence-corrected chi connectivity index (χ1v) is 19.4. The maximum Gasteiger partial charge on any atom is 0.141 e. The van der Waals surface area contributed by atoms with E-state index < -0.39 is 0 Å². The molecule has 0 amide bonds. The Morgan fingerprint density at radius 2 is 0.927 bits per heavy atom. The van der Waals surface area contributed by atoms with Crippen LogP contribution >= 0.6 is 15.9 Å². The Kier molecular flexibility index (Phi) is 7.36. The van der Waals surface area contributed by atoms with E-state index in [-0.39, 0.29) is 0 Å². The number of nitrogens with zero attached hydrogens (tertiary/aromatic N) is 4. The van der Waals surface area contributed by atoms with Crippen LogP contribution in [0.3, 0.4) is 0 Å². The van der Waals surface area contributed by atoms with Crippen LogP contribution in [0.25, 0.3) is 88.5 Å². The lowest BCUT2D eigenvalue weighted by atomic mass is 10.0. The summed E-state index contributed by atoms with van der Waals surface area (Å²) in [6.07, 6.45) is 0. The van der Waals surface area contributed by atoms with Gasteiger partial charge in [0, 0.05) is 43.0 Å². The van der Waals surface area contributed by atoms with Crippen LogP contribution in [-0.2, 0) is 6.54 Å². The van der Waals surface area contributed by atoms with Gasteiger partial charge < -0.3 is 13.7 Å². The van der Waals surface area contributed by atoms with Gasteiger partial charge in [-0.25, -0.2) is 4.98 Å². The second-order valence-electron chi connectivity index (χ2n) is 14.2. The first kappa shape index (κ1) is 31.8. The van der Waals surface area contributed by atoms with Crippen molar-refractivity contribution in [2.24, 2.45) is 0 Å². The van der Waals surface area contributed by atoms with Gasteiger partial charge >= 0.3 is 0 Å². The molecular weight excluding hydrogens is 736 g/mol. The molecule has 0 saturated heterocycles. The van der Waals surface area contributed by atoms with E-state index in [2.05, 4.69) is 218 Å². The normalized spacial score (nSPS) is 11.8. The number of fused-ring (bicyclic) bond motifs is 7. The summed E-state index contributed by atoms with van der Waals surface area (Å²) in [5, 5.41) is 4.96. The molecule has 4 nitrogen and oxygen atoms in total. The Morgan fingerprint density at radius 1 is 0.400 bits per heavy atom. The second-order valence-corrected chi connectivity index (χ2v) is 15.0. The molecule has 0 N–H and O–H groups in total. The van der Waals surface area contributed by atoms with Crippen LogP contribution in [0.4, 0.5) is 0 Å². The van der Waals surface area contributed by atoms with E-state index in [1.165, 1.54) is 66.0 Å². The summed E-state index contributed by atoms with van der Waals surface area (Å²) in [6.45, 7) is 0.707. The minimum absolute atomic E-state index is 0.707. The zero-order valence-electron chi connectivity index (χ0n) is 29.8. The monoisotopic (exact) mass is 768 g/mol. The number of halogens is 1. The van der Waals surface area contributed by atoms with Gasteiger partial charge in [0.2, 0.25) is 0 Å². The van der Waals surface area contributed by atoms with Crippen LogP contribution < -0.4 is 0 Å². The minimum Gasteiger partial charge on any atom is -0.319 e. The molecule has 5 heteroatoms. The standard InChI is InChI=1S/C50H33BrN4/c51-43-20-10-7-15-36(43)32-53-49-28-25-38(31-44(49)52-50(53)33-13-3-1-4-14-33)55-46-22-12-9-19-40(46)42-30-35(24-27-48(42)55)34-23-26-47-41(29-34)39-18-8-11-21-45(39)54(47)37-16-5-2-6-17-37/h1-31H,32H2. The number of benzene rings is 8. The molecule has 8 aromatic carbocycles. The molecule has 260 valence electrons. The van der Waals surface area contributed by atoms with Crippen molar-refractivity contribution in [2.75, 3.05) is 0 Å². The zero-order valence-corrected chi connectivity index (χ0v) is 31.4. The highest BCUT2D eigenvalue weighted by Gasteiger charge is 2.19. The molecule has 11 aromatic rings. The van der Waals surface area contributed by atoms with Crippen molar-refractivity contribution in [3.05, 3.63) is 198 Å². The summed E-state index contributed by atoms with van der Waals surface area (Å²) in [5.74, 6) is 0.958. The number of aromatic nitrogens is 4. The first-order valence-electron chi connectivity index (χ1n) is 18.6. The number of rotatable bonds is 6. The average molecular weight is 770 g/mol. The Balaban J connectivity index is 1.06. The molecule has 0 saturated carbocycles. The fourth-order valence-electron chi connectivity index (χ4n) is 8.46. The van der Waals surface area contributed by atoms with Gasteiger partial charge in [-0.3, -0.25) is 0 Å². The van der Waals surface area contributed by atoms with Crippen LogP contribution in [0.1, 0.15) is 5.56 Å². The fourth-order valence-corrected chi connectivity index (χ4v) is 8.87. The van der Waals surface area contributed by atoms with E-state index in [1.807, 2.05) is 0 Å². The Hall–Kier alpha value is -6.69. The Bertz CT molecular complexity index is 3240. The van der Waals surface area contributed by atoms with E-state index in [1.54, 1.807) is 0 Å². The predicted molar refractivity (Wildman–Crippen MR) is 233 cm³/mol. The van der Waals surface area contributed by atoms with Crippen molar-refractivity contribution in [1.82, 2.24) is 18.7 Å². The van der Waals surface area contributed by atoms with E-state index in [9.17, 15) is 0 Å². The topological polar surface area (TPSA) is 27.7 Å². The van der Waals surface area contributed by atoms with Crippen LogP contribution in [0.5, 0.6) is 0 Å². The number of hydrogen-bond donors (Lipinski definition) is 0. The van der Waals surface area contributed by atoms with Crippen molar-refractivity contribution < 1.29 is 0 Å². The molecule has 3 heterocycles. The highest BCUT2D eigenvalue weighted by molar-refractivity contribution is 9.10. The summed E-state index contributed by atoms with van der Waals surface area (Å²) < 4.78 is 8.19. The van der Waals surface area contributed by atoms with Gasteiger partial charge in [-0.05, 0) is 89.5 Å². The van der Waals surface area contributed by atoms with E-state index >= 15 is 0 Å². The maximum atomic E-state index is 5.29. The van der Waals surface area contributed by atoms with Crippen molar-refractivity contribution >= 4 is 70.6 Å². The number of hydrogen-bond acceptors (Lipinski definition) is 1. The Labute approximate surface area is 326 Å². The SMILES string of the molecule is Brc1ccccc1Cn1c(-c2ccccc2)nc2cc(-n3c4ccccc4c4cc(-c5ccc6c(c5)c5ccccc5n6-c5ccccc5)ccc43)ccc21. The van der Waals surface area contributed by atoms with Crippen molar-refractivity contribution in [1.29, 1.82) is 0 Å². The van der Waals surface area contributed by atoms with Gasteiger partial charge in [-0.2, -0.15) is 0 Å². The summed E-state index contributed by atoms with van der Waals surface area (Å²) in [4.78, 5) is 5.29. The second kappa shape index (κ2) is 12.7. The molecule has 55 heavy (non-hydrogen) atoms. The molecule has 0 atom stereocenters. The van der Waals surface area contributed by atoms with E-state index in [0.29, 0.717) is 6.54 Å². The minimum atomic E-state index is 0.707. The van der Waals surface area contributed by atoms with E-state index in [0.717, 1.165) is 32.6 Å². The van der Waals surface area contributed by atoms with Gasteiger partial charge in [0.15, 0.2) is 0 Å². The third kappa shape index (κ3) is 5.15. The molecule has 0 unspecified atom stereocenters. The van der Waals surface area contributed by atoms with Gasteiger partial charge in [-0.15, -0.1) is 0 Å². The van der Waals surface area contributed by atoms with Crippen LogP contribution in [-0.4, -0.2) is 18.7 Å². The zero-order chi connectivity index (χ0) is 36.5. The van der Waals surface area contributed by atoms with Crippen LogP contribution in [0.2, 0.25) is 0 Å². The molecule has 3 aromatic heterocycles. The van der Waals surface area contributed by atoms with Gasteiger partial charge in [0.1, 0.15) is 5.82 Å². The van der Waals surface area contributed by atoms with Crippen molar-refractivity contribution in [3.8, 4) is 33.9 Å². The largest absolute Gasteiger partial charge is 0.319 e. The van der Waals surface area contributed by atoms with Crippen LogP contribution in [0, 0.1) is 0 Å². The lowest BCUT2D eigenvalue weighted by molar-refractivity contribution is 0.831. The van der Waals surface area contributed by atoms with Gasteiger partial charge in [0.25, 0.3) is 0 Å². The fraction of sp³-hybridized carbons (Fsp3) is 0.0200. The number of imidazole rings is 1. The number of para-hydroxylation sites is 3. The lowest BCUT2D eigenvalue weighted by Crippen LogP contribution is -2.03. The molecular formula is C50H33BrN4. The summed E-state index contributed by atoms with van der Waals surface area (Å²) >= 11 is 3.78. The molecule has 0 aliphatic carbocycles. The van der Waals surface area contributed by atoms with Gasteiger partial charge in [0.05, 0.1) is 39.6 Å². The van der Waals surface area contributed by atoms with Gasteiger partial charge in [-0.1, -0.05) is 131 Å². The highest BCUT2D eigenvalue weighted by atomic mass is 79.9. The lowest BCUT2D eigenvalue weighted by Gasteiger charge is -2.12. The quantitative estimate of drug-likeness (QED) is 0.165. The molecule has 0 fully saturated rings. The van der Waals surface area contributed by atoms with Crippen molar-refractivity contribution in [2.45, 2.75) is 6.54 Å². The summed E-state index contributed by atoms with van der Waals surface area (Å²) in [7, 11) is 0. The molecule has 0 bridgehead atoms. The molecule has 0 radical (unpaired) electrons. The predicted octanol–water partition coefficient (Wildman–Crippen LogP) is 13.4. The third-order valence-corrected chi connectivity index (χ3v) is 11.8. The molecule has 11 rings (SSSR count). The molecule has 0 aliphatic rings. The summed E-state index contributed by atoms with van der Waals surface area (Å²) in [6, 6.07) is 67.6. The summed E-state index contributed by atoms with van der Waals surface area (Å²) in [5.41, 5.74) is 13.8. The Morgan fingerprint density at radius 3 is 1.58 bits per heavy atom.